The highest BCUT2D eigenvalue weighted by Gasteiger charge is 2.30. The van der Waals surface area contributed by atoms with Crippen LogP contribution >= 0.6 is 23.2 Å². The van der Waals surface area contributed by atoms with Crippen LogP contribution < -0.4 is 19.9 Å². The summed E-state index contributed by atoms with van der Waals surface area (Å²) in [5.74, 6) is 0.481. The molecule has 12 heteroatoms. The quantitative estimate of drug-likeness (QED) is 0.172. The highest BCUT2D eigenvalue weighted by atomic mass is 35.5. The molecule has 42 heavy (non-hydrogen) atoms. The average molecular weight is 604 g/mol. The molecular weight excluding hydrogens is 577 g/mol. The van der Waals surface area contributed by atoms with Gasteiger partial charge in [0.1, 0.15) is 12.1 Å². The van der Waals surface area contributed by atoms with Crippen molar-refractivity contribution in [2.24, 2.45) is 0 Å². The van der Waals surface area contributed by atoms with E-state index in [2.05, 4.69) is 26.3 Å². The molecule has 10 nitrogen and oxygen atoms in total. The standard InChI is InChI=1S/C30H27Cl2N7O3/c1-19-15-24(25(17-33)20-3-5-21(31)6-4-20)26(32)16-27(19)36-29-28(39(40)41)30(35-18-34-29)38-13-11-37(12-14-38)22-7-9-23(42-2)10-8-22/h3-10,15-16,18,25H,11-14H2,1-2H3,(H,34,35,36). The van der Waals surface area contributed by atoms with Gasteiger partial charge in [0.15, 0.2) is 0 Å². The fourth-order valence-corrected chi connectivity index (χ4v) is 5.39. The van der Waals surface area contributed by atoms with Crippen molar-refractivity contribution in [3.63, 3.8) is 0 Å². The largest absolute Gasteiger partial charge is 0.497 e. The predicted molar refractivity (Wildman–Crippen MR) is 164 cm³/mol. The molecule has 0 bridgehead atoms. The lowest BCUT2D eigenvalue weighted by molar-refractivity contribution is -0.383. The fraction of sp³-hybridized carbons (Fsp3) is 0.233. The summed E-state index contributed by atoms with van der Waals surface area (Å²) in [7, 11) is 1.63. The summed E-state index contributed by atoms with van der Waals surface area (Å²) in [6.45, 7) is 4.26. The molecule has 1 N–H and O–H groups in total. The highest BCUT2D eigenvalue weighted by molar-refractivity contribution is 6.32. The average Bonchev–Trinajstić information content (AvgIpc) is 3.00. The van der Waals surface area contributed by atoms with Crippen molar-refractivity contribution in [3.8, 4) is 11.8 Å². The molecule has 0 saturated carbocycles. The highest BCUT2D eigenvalue weighted by Crippen LogP contribution is 2.38. The van der Waals surface area contributed by atoms with Crippen LogP contribution in [0.25, 0.3) is 0 Å². The van der Waals surface area contributed by atoms with Gasteiger partial charge in [-0.25, -0.2) is 9.97 Å². The van der Waals surface area contributed by atoms with Crippen LogP contribution in [-0.2, 0) is 0 Å². The van der Waals surface area contributed by atoms with Crippen molar-refractivity contribution < 1.29 is 9.66 Å². The number of anilines is 4. The number of benzene rings is 3. The third-order valence-electron chi connectivity index (χ3n) is 7.24. The van der Waals surface area contributed by atoms with Crippen molar-refractivity contribution in [3.05, 3.63) is 104 Å². The minimum atomic E-state index is -0.612. The maximum Gasteiger partial charge on any atom is 0.353 e. The van der Waals surface area contributed by atoms with E-state index in [-0.39, 0.29) is 17.3 Å². The van der Waals surface area contributed by atoms with Crippen molar-refractivity contribution >= 4 is 51.9 Å². The minimum Gasteiger partial charge on any atom is -0.497 e. The number of hydrogen-bond donors (Lipinski definition) is 1. The van der Waals surface area contributed by atoms with Crippen LogP contribution in [0.2, 0.25) is 10.0 Å². The molecule has 1 aliphatic rings. The zero-order chi connectivity index (χ0) is 29.8. The predicted octanol–water partition coefficient (Wildman–Crippen LogP) is 6.73. The summed E-state index contributed by atoms with van der Waals surface area (Å²) < 4.78 is 5.24. The number of nitrogens with one attached hydrogen (secondary N) is 1. The van der Waals surface area contributed by atoms with Gasteiger partial charge in [0, 0.05) is 47.6 Å². The molecule has 1 unspecified atom stereocenters. The smallest absolute Gasteiger partial charge is 0.353 e. The van der Waals surface area contributed by atoms with Crippen LogP contribution in [0.3, 0.4) is 0 Å². The first kappa shape index (κ1) is 28.9. The second-order valence-electron chi connectivity index (χ2n) is 9.75. The van der Waals surface area contributed by atoms with Gasteiger partial charge < -0.3 is 19.9 Å². The number of nitriles is 1. The minimum absolute atomic E-state index is 0.0593. The van der Waals surface area contributed by atoms with E-state index in [0.717, 1.165) is 22.6 Å². The number of nitrogens with zero attached hydrogens (tertiary/aromatic N) is 6. The Balaban J connectivity index is 1.38. The Morgan fingerprint density at radius 3 is 2.31 bits per heavy atom. The van der Waals surface area contributed by atoms with Crippen LogP contribution in [0.5, 0.6) is 5.75 Å². The molecule has 1 aromatic heterocycles. The zero-order valence-electron chi connectivity index (χ0n) is 22.9. The molecule has 4 aromatic rings. The van der Waals surface area contributed by atoms with E-state index in [1.165, 1.54) is 6.33 Å². The number of aromatic nitrogens is 2. The molecule has 2 heterocycles. The van der Waals surface area contributed by atoms with Crippen molar-refractivity contribution in [1.29, 1.82) is 5.26 Å². The van der Waals surface area contributed by atoms with Crippen LogP contribution in [0, 0.1) is 28.4 Å². The Hall–Kier alpha value is -4.59. The van der Waals surface area contributed by atoms with Gasteiger partial charge in [-0.3, -0.25) is 10.1 Å². The van der Waals surface area contributed by atoms with E-state index in [9.17, 15) is 15.4 Å². The SMILES string of the molecule is COc1ccc(N2CCN(c3ncnc(Nc4cc(Cl)c(C(C#N)c5ccc(Cl)cc5)cc4C)c3[N+](=O)[O-])CC2)cc1. The van der Waals surface area contributed by atoms with Crippen LogP contribution in [-0.4, -0.2) is 48.2 Å². The number of ether oxygens (including phenoxy) is 1. The van der Waals surface area contributed by atoms with E-state index in [1.54, 1.807) is 43.5 Å². The molecule has 214 valence electrons. The number of hydrogen-bond acceptors (Lipinski definition) is 9. The summed E-state index contributed by atoms with van der Waals surface area (Å²) in [6.07, 6.45) is 1.32. The van der Waals surface area contributed by atoms with Crippen LogP contribution in [0.1, 0.15) is 22.6 Å². The first-order valence-electron chi connectivity index (χ1n) is 13.1. The normalized spacial score (nSPS) is 13.8. The van der Waals surface area contributed by atoms with Gasteiger partial charge in [-0.15, -0.1) is 0 Å². The lowest BCUT2D eigenvalue weighted by atomic mass is 9.91. The molecule has 1 atom stereocenters. The molecule has 0 spiro atoms. The lowest BCUT2D eigenvalue weighted by Gasteiger charge is -2.36. The first-order valence-corrected chi connectivity index (χ1v) is 13.9. The lowest BCUT2D eigenvalue weighted by Crippen LogP contribution is -2.47. The molecule has 0 aliphatic carbocycles. The maximum absolute atomic E-state index is 12.3. The molecule has 1 fully saturated rings. The second kappa shape index (κ2) is 12.5. The molecule has 0 radical (unpaired) electrons. The van der Waals surface area contributed by atoms with Gasteiger partial charge in [-0.05, 0) is 66.1 Å². The van der Waals surface area contributed by atoms with Gasteiger partial charge in [-0.1, -0.05) is 41.4 Å². The number of nitro groups is 1. The van der Waals surface area contributed by atoms with E-state index >= 15 is 0 Å². The van der Waals surface area contributed by atoms with E-state index in [1.807, 2.05) is 36.1 Å². The van der Waals surface area contributed by atoms with Crippen LogP contribution in [0.15, 0.2) is 67.0 Å². The Morgan fingerprint density at radius 2 is 1.69 bits per heavy atom. The summed E-state index contributed by atoms with van der Waals surface area (Å²) in [4.78, 5) is 24.5. The van der Waals surface area contributed by atoms with E-state index in [0.29, 0.717) is 47.5 Å². The third-order valence-corrected chi connectivity index (χ3v) is 7.82. The molecule has 5 rings (SSSR count). The second-order valence-corrected chi connectivity index (χ2v) is 10.6. The summed E-state index contributed by atoms with van der Waals surface area (Å²) >= 11 is 12.7. The van der Waals surface area contributed by atoms with Gasteiger partial charge in [0.25, 0.3) is 0 Å². The molecule has 3 aromatic carbocycles. The van der Waals surface area contributed by atoms with Gasteiger partial charge in [0.2, 0.25) is 11.6 Å². The maximum atomic E-state index is 12.3. The monoisotopic (exact) mass is 603 g/mol. The topological polar surface area (TPSA) is 120 Å². The molecule has 1 saturated heterocycles. The van der Waals surface area contributed by atoms with Gasteiger partial charge in [-0.2, -0.15) is 5.26 Å². The summed E-state index contributed by atoms with van der Waals surface area (Å²) in [5, 5.41) is 26.2. The number of rotatable bonds is 8. The molecular formula is C30H27Cl2N7O3. The Labute approximate surface area is 253 Å². The Morgan fingerprint density at radius 1 is 1.02 bits per heavy atom. The van der Waals surface area contributed by atoms with Crippen molar-refractivity contribution in [2.45, 2.75) is 12.8 Å². The fourth-order valence-electron chi connectivity index (χ4n) is 5.00. The molecule has 0 amide bonds. The van der Waals surface area contributed by atoms with Crippen molar-refractivity contribution in [1.82, 2.24) is 9.97 Å². The number of piperazine rings is 1. The zero-order valence-corrected chi connectivity index (χ0v) is 24.4. The van der Waals surface area contributed by atoms with Crippen molar-refractivity contribution in [2.75, 3.05) is 48.4 Å². The first-order chi connectivity index (χ1) is 20.3. The number of halogens is 2. The number of methoxy groups -OCH3 is 1. The van der Waals surface area contributed by atoms with Crippen LogP contribution in [0.4, 0.5) is 28.7 Å². The number of aryl methyl sites for hydroxylation is 1. The van der Waals surface area contributed by atoms with E-state index in [4.69, 9.17) is 27.9 Å². The Kier molecular flexibility index (Phi) is 8.61. The van der Waals surface area contributed by atoms with Gasteiger partial charge >= 0.3 is 5.69 Å². The summed E-state index contributed by atoms with van der Waals surface area (Å²) in [6, 6.07) is 20.6. The molecule has 1 aliphatic heterocycles. The van der Waals surface area contributed by atoms with Gasteiger partial charge in [0.05, 0.1) is 24.0 Å². The van der Waals surface area contributed by atoms with E-state index < -0.39 is 10.8 Å². The Bertz CT molecular complexity index is 1630. The third kappa shape index (κ3) is 6.03. The summed E-state index contributed by atoms with van der Waals surface area (Å²) in [5.41, 5.74) is 3.50.